The molecule has 1 aromatic rings. The van der Waals surface area contributed by atoms with Gasteiger partial charge in [0.25, 0.3) is 5.91 Å². The summed E-state index contributed by atoms with van der Waals surface area (Å²) in [7, 11) is 0. The third-order valence-electron chi connectivity index (χ3n) is 5.68. The Morgan fingerprint density at radius 1 is 1.33 bits per heavy atom. The van der Waals surface area contributed by atoms with Crippen molar-refractivity contribution in [3.8, 4) is 0 Å². The number of halogens is 1. The Labute approximate surface area is 167 Å². The van der Waals surface area contributed by atoms with Gasteiger partial charge in [0.1, 0.15) is 17.9 Å². The molecule has 0 atom stereocenters. The number of aromatic nitrogens is 1. The first-order valence-electron chi connectivity index (χ1n) is 9.46. The predicted molar refractivity (Wildman–Crippen MR) is 105 cm³/mol. The molecule has 146 valence electrons. The first-order valence-corrected chi connectivity index (χ1v) is 10.3. The van der Waals surface area contributed by atoms with Crippen LogP contribution in [0.3, 0.4) is 0 Å². The van der Waals surface area contributed by atoms with Gasteiger partial charge in [0, 0.05) is 17.2 Å². The average Bonchev–Trinajstić information content (AvgIpc) is 2.89. The monoisotopic (exact) mass is 436 g/mol. The molecule has 2 aliphatic rings. The first-order chi connectivity index (χ1) is 12.9. The van der Waals surface area contributed by atoms with E-state index in [0.29, 0.717) is 31.1 Å². The number of anilines is 1. The van der Waals surface area contributed by atoms with E-state index in [-0.39, 0.29) is 18.4 Å². The van der Waals surface area contributed by atoms with Gasteiger partial charge in [-0.1, -0.05) is 13.3 Å². The molecule has 2 fully saturated rings. The van der Waals surface area contributed by atoms with Gasteiger partial charge in [-0.25, -0.2) is 9.78 Å². The molecule has 1 aliphatic heterocycles. The van der Waals surface area contributed by atoms with Gasteiger partial charge >= 0.3 is 6.03 Å². The minimum Gasteiger partial charge on any atom is -0.323 e. The van der Waals surface area contributed by atoms with Gasteiger partial charge in [-0.3, -0.25) is 19.4 Å². The van der Waals surface area contributed by atoms with Crippen molar-refractivity contribution < 1.29 is 14.4 Å². The van der Waals surface area contributed by atoms with E-state index in [1.54, 1.807) is 18.3 Å². The van der Waals surface area contributed by atoms with Gasteiger partial charge < -0.3 is 5.32 Å². The lowest BCUT2D eigenvalue weighted by Gasteiger charge is -2.34. The summed E-state index contributed by atoms with van der Waals surface area (Å²) >= 11 is 3.32. The van der Waals surface area contributed by atoms with Crippen LogP contribution in [-0.2, 0) is 9.59 Å². The molecular formula is C19H25BrN4O3. The number of hydrogen-bond donors (Lipinski definition) is 1. The van der Waals surface area contributed by atoms with Crippen molar-refractivity contribution in [2.75, 3.05) is 18.0 Å². The van der Waals surface area contributed by atoms with E-state index in [2.05, 4.69) is 33.2 Å². The summed E-state index contributed by atoms with van der Waals surface area (Å²) in [5.41, 5.74) is -0.823. The lowest BCUT2D eigenvalue weighted by atomic mass is 9.75. The SMILES string of the molecule is CCC1CCC2(CC1)NC(=O)N(CC(=O)N(CC)c1ccc(Br)cn1)C2=O. The molecule has 2 heterocycles. The van der Waals surface area contributed by atoms with Crippen molar-refractivity contribution in [2.45, 2.75) is 51.5 Å². The molecule has 1 aliphatic carbocycles. The van der Waals surface area contributed by atoms with Crippen LogP contribution in [0.15, 0.2) is 22.8 Å². The molecule has 3 rings (SSSR count). The number of pyridine rings is 1. The number of rotatable bonds is 5. The molecule has 1 saturated heterocycles. The van der Waals surface area contributed by atoms with Crippen molar-refractivity contribution in [3.05, 3.63) is 22.8 Å². The number of imide groups is 1. The predicted octanol–water partition coefficient (Wildman–Crippen LogP) is 3.09. The zero-order chi connectivity index (χ0) is 19.6. The maximum Gasteiger partial charge on any atom is 0.325 e. The van der Waals surface area contributed by atoms with Gasteiger partial charge in [-0.15, -0.1) is 0 Å². The molecule has 1 saturated carbocycles. The molecule has 4 amide bonds. The lowest BCUT2D eigenvalue weighted by molar-refractivity contribution is -0.135. The van der Waals surface area contributed by atoms with Crippen molar-refractivity contribution in [2.24, 2.45) is 5.92 Å². The van der Waals surface area contributed by atoms with Gasteiger partial charge in [0.15, 0.2) is 0 Å². The van der Waals surface area contributed by atoms with E-state index in [4.69, 9.17) is 0 Å². The van der Waals surface area contributed by atoms with E-state index >= 15 is 0 Å². The standard InChI is InChI=1S/C19H25BrN4O3/c1-3-13-7-9-19(10-8-13)17(26)24(18(27)22-19)12-16(25)23(4-2)15-6-5-14(20)11-21-15/h5-6,11,13H,3-4,7-10,12H2,1-2H3,(H,22,27). The molecule has 0 radical (unpaired) electrons. The van der Waals surface area contributed by atoms with Gasteiger partial charge in [0.2, 0.25) is 5.91 Å². The summed E-state index contributed by atoms with van der Waals surface area (Å²) in [5, 5.41) is 2.87. The number of hydrogen-bond acceptors (Lipinski definition) is 4. The lowest BCUT2D eigenvalue weighted by Crippen LogP contribution is -2.50. The average molecular weight is 437 g/mol. The van der Waals surface area contributed by atoms with E-state index < -0.39 is 11.6 Å². The van der Waals surface area contributed by atoms with Crippen LogP contribution in [0.5, 0.6) is 0 Å². The Hall–Kier alpha value is -1.96. The summed E-state index contributed by atoms with van der Waals surface area (Å²) in [6, 6.07) is 3.06. The van der Waals surface area contributed by atoms with Gasteiger partial charge in [-0.2, -0.15) is 0 Å². The smallest absolute Gasteiger partial charge is 0.323 e. The summed E-state index contributed by atoms with van der Waals surface area (Å²) in [6.45, 7) is 4.12. The fourth-order valence-electron chi connectivity index (χ4n) is 3.95. The van der Waals surface area contributed by atoms with Crippen LogP contribution in [0.1, 0.15) is 46.0 Å². The Balaban J connectivity index is 1.71. The minimum atomic E-state index is -0.823. The third-order valence-corrected chi connectivity index (χ3v) is 6.15. The highest BCUT2D eigenvalue weighted by molar-refractivity contribution is 9.10. The summed E-state index contributed by atoms with van der Waals surface area (Å²) in [6.07, 6.45) is 5.84. The highest BCUT2D eigenvalue weighted by Crippen LogP contribution is 2.37. The summed E-state index contributed by atoms with van der Waals surface area (Å²) in [4.78, 5) is 45.0. The first kappa shape index (κ1) is 19.8. The Morgan fingerprint density at radius 3 is 2.59 bits per heavy atom. The second-order valence-electron chi connectivity index (χ2n) is 7.23. The van der Waals surface area contributed by atoms with E-state index in [9.17, 15) is 14.4 Å². The van der Waals surface area contributed by atoms with Gasteiger partial charge in [0.05, 0.1) is 0 Å². The number of amides is 4. The maximum absolute atomic E-state index is 13.0. The Morgan fingerprint density at radius 2 is 2.04 bits per heavy atom. The zero-order valence-electron chi connectivity index (χ0n) is 15.7. The number of carbonyl (C=O) groups is 3. The highest BCUT2D eigenvalue weighted by Gasteiger charge is 2.52. The van der Waals surface area contributed by atoms with Gasteiger partial charge in [-0.05, 0) is 66.6 Å². The fourth-order valence-corrected chi connectivity index (χ4v) is 4.19. The molecule has 0 aromatic carbocycles. The van der Waals surface area contributed by atoms with Crippen molar-refractivity contribution >= 4 is 39.6 Å². The second kappa shape index (κ2) is 7.96. The summed E-state index contributed by atoms with van der Waals surface area (Å²) in [5.74, 6) is 0.510. The van der Waals surface area contributed by atoms with Crippen LogP contribution < -0.4 is 10.2 Å². The number of likely N-dealkylation sites (N-methyl/N-ethyl adjacent to an activating group) is 1. The molecule has 1 spiro atoms. The van der Waals surface area contributed by atoms with E-state index in [1.807, 2.05) is 6.92 Å². The number of nitrogens with one attached hydrogen (secondary N) is 1. The fraction of sp³-hybridized carbons (Fsp3) is 0.579. The number of nitrogens with zero attached hydrogens (tertiary/aromatic N) is 3. The molecule has 8 heteroatoms. The molecule has 1 N–H and O–H groups in total. The van der Waals surface area contributed by atoms with Crippen LogP contribution in [-0.4, -0.2) is 46.4 Å². The molecule has 27 heavy (non-hydrogen) atoms. The normalized spacial score (nSPS) is 25.0. The largest absolute Gasteiger partial charge is 0.325 e. The van der Waals surface area contributed by atoms with Crippen LogP contribution in [0.25, 0.3) is 0 Å². The molecule has 7 nitrogen and oxygen atoms in total. The second-order valence-corrected chi connectivity index (χ2v) is 8.14. The van der Waals surface area contributed by atoms with Crippen LogP contribution in [0.4, 0.5) is 10.6 Å². The maximum atomic E-state index is 13.0. The Kier molecular flexibility index (Phi) is 5.83. The van der Waals surface area contributed by atoms with E-state index in [0.717, 1.165) is 28.6 Å². The van der Waals surface area contributed by atoms with E-state index in [1.165, 1.54) is 4.90 Å². The Bertz CT molecular complexity index is 729. The van der Waals surface area contributed by atoms with Crippen LogP contribution in [0, 0.1) is 5.92 Å². The summed E-state index contributed by atoms with van der Waals surface area (Å²) < 4.78 is 0.813. The van der Waals surface area contributed by atoms with Crippen molar-refractivity contribution in [1.29, 1.82) is 0 Å². The number of carbonyl (C=O) groups excluding carboxylic acids is 3. The molecular weight excluding hydrogens is 412 g/mol. The van der Waals surface area contributed by atoms with Crippen molar-refractivity contribution in [3.63, 3.8) is 0 Å². The van der Waals surface area contributed by atoms with Crippen LogP contribution in [0.2, 0.25) is 0 Å². The zero-order valence-corrected chi connectivity index (χ0v) is 17.3. The van der Waals surface area contributed by atoms with Crippen molar-refractivity contribution in [1.82, 2.24) is 15.2 Å². The molecule has 0 unspecified atom stereocenters. The molecule has 0 bridgehead atoms. The minimum absolute atomic E-state index is 0.268. The van der Waals surface area contributed by atoms with Crippen LogP contribution >= 0.6 is 15.9 Å². The quantitative estimate of drug-likeness (QED) is 0.718. The third kappa shape index (κ3) is 3.85. The molecule has 1 aromatic heterocycles. The number of urea groups is 1. The highest BCUT2D eigenvalue weighted by atomic mass is 79.9. The topological polar surface area (TPSA) is 82.6 Å².